The Hall–Kier alpha value is -7.74. The molecule has 0 aliphatic heterocycles. The SMILES string of the molecule is CC1(C)c2ccccc2-c2ccc(-c3ccc(N(c4ccc(-c5cc6ccccc6c6ccccc56)cc4)c4cccc(-c5cc6ccccc6c6ccccc56)c4)cc3)cc21. The van der Waals surface area contributed by atoms with E-state index in [1.807, 2.05) is 0 Å². The summed E-state index contributed by atoms with van der Waals surface area (Å²) in [6.45, 7) is 4.70. The highest BCUT2D eigenvalue weighted by molar-refractivity contribution is 6.15. The van der Waals surface area contributed by atoms with Crippen molar-refractivity contribution in [3.05, 3.63) is 236 Å². The van der Waals surface area contributed by atoms with Gasteiger partial charge in [0.1, 0.15) is 0 Å². The van der Waals surface area contributed by atoms with Crippen LogP contribution < -0.4 is 4.90 Å². The number of hydrogen-bond acceptors (Lipinski definition) is 1. The Balaban J connectivity index is 0.982. The summed E-state index contributed by atoms with van der Waals surface area (Å²) in [4.78, 5) is 2.40. The van der Waals surface area contributed by atoms with Crippen LogP contribution in [0.2, 0.25) is 0 Å². The van der Waals surface area contributed by atoms with Crippen LogP contribution in [0.25, 0.3) is 87.6 Å². The maximum Gasteiger partial charge on any atom is 0.0467 e. The van der Waals surface area contributed by atoms with E-state index < -0.39 is 0 Å². The van der Waals surface area contributed by atoms with Crippen LogP contribution in [0.3, 0.4) is 0 Å². The van der Waals surface area contributed by atoms with Crippen molar-refractivity contribution in [1.29, 1.82) is 0 Å². The molecule has 11 aromatic rings. The molecule has 12 rings (SSSR count). The van der Waals surface area contributed by atoms with E-state index in [1.165, 1.54) is 98.7 Å². The van der Waals surface area contributed by atoms with Gasteiger partial charge in [-0.25, -0.2) is 0 Å². The van der Waals surface area contributed by atoms with Gasteiger partial charge >= 0.3 is 0 Å². The first-order valence-electron chi connectivity index (χ1n) is 21.7. The zero-order chi connectivity index (χ0) is 41.4. The van der Waals surface area contributed by atoms with E-state index in [9.17, 15) is 0 Å². The van der Waals surface area contributed by atoms with Crippen molar-refractivity contribution < 1.29 is 0 Å². The molecule has 0 unspecified atom stereocenters. The van der Waals surface area contributed by atoms with Crippen LogP contribution in [0.4, 0.5) is 17.1 Å². The van der Waals surface area contributed by atoms with E-state index in [0.717, 1.165) is 17.1 Å². The summed E-state index contributed by atoms with van der Waals surface area (Å²) < 4.78 is 0. The van der Waals surface area contributed by atoms with Gasteiger partial charge in [0.2, 0.25) is 0 Å². The molecule has 0 aromatic heterocycles. The molecule has 11 aromatic carbocycles. The van der Waals surface area contributed by atoms with E-state index in [2.05, 4.69) is 243 Å². The third-order valence-electron chi connectivity index (χ3n) is 13.4. The second-order valence-electron chi connectivity index (χ2n) is 17.3. The second kappa shape index (κ2) is 14.2. The molecular weight excluding hydrogens is 747 g/mol. The standard InChI is InChI=1S/C61H43N/c1-61(2)59-25-12-11-24-55(59)56-35-30-42(39-60(56)61)40-26-31-46(32-27-40)62(47-33-28-41(29-34-47)57-37-44-14-3-5-18-49(44)51-20-7-9-22-53(51)57)48-17-13-16-43(36-48)58-38-45-15-4-6-19-50(45)52-21-8-10-23-54(52)58/h3-39H,1-2H3. The minimum Gasteiger partial charge on any atom is -0.310 e. The van der Waals surface area contributed by atoms with Crippen molar-refractivity contribution in [3.63, 3.8) is 0 Å². The third kappa shape index (κ3) is 5.77. The van der Waals surface area contributed by atoms with Crippen LogP contribution in [0, 0.1) is 0 Å². The van der Waals surface area contributed by atoms with Gasteiger partial charge in [-0.1, -0.05) is 184 Å². The molecule has 1 nitrogen and oxygen atoms in total. The van der Waals surface area contributed by atoms with E-state index in [-0.39, 0.29) is 5.41 Å². The van der Waals surface area contributed by atoms with Crippen molar-refractivity contribution in [2.24, 2.45) is 0 Å². The predicted octanol–water partition coefficient (Wildman–Crippen LogP) is 17.1. The van der Waals surface area contributed by atoms with E-state index in [1.54, 1.807) is 0 Å². The maximum atomic E-state index is 2.41. The van der Waals surface area contributed by atoms with Crippen LogP contribution in [-0.4, -0.2) is 0 Å². The average Bonchev–Trinajstić information content (AvgIpc) is 3.56. The lowest BCUT2D eigenvalue weighted by atomic mass is 9.81. The molecule has 62 heavy (non-hydrogen) atoms. The highest BCUT2D eigenvalue weighted by atomic mass is 15.1. The van der Waals surface area contributed by atoms with Gasteiger partial charge in [0.05, 0.1) is 0 Å². The van der Waals surface area contributed by atoms with Gasteiger partial charge in [-0.3, -0.25) is 0 Å². The molecule has 0 N–H and O–H groups in total. The molecule has 1 aliphatic carbocycles. The van der Waals surface area contributed by atoms with E-state index in [4.69, 9.17) is 0 Å². The summed E-state index contributed by atoms with van der Waals surface area (Å²) >= 11 is 0. The fraction of sp³-hybridized carbons (Fsp3) is 0.0492. The van der Waals surface area contributed by atoms with Crippen LogP contribution in [-0.2, 0) is 5.41 Å². The summed E-state index contributed by atoms with van der Waals surface area (Å²) in [5.41, 5.74) is 16.0. The van der Waals surface area contributed by atoms with Crippen LogP contribution in [0.1, 0.15) is 25.0 Å². The summed E-state index contributed by atoms with van der Waals surface area (Å²) in [6.07, 6.45) is 0. The number of anilines is 3. The Kier molecular flexibility index (Phi) is 8.27. The van der Waals surface area contributed by atoms with Crippen LogP contribution in [0.5, 0.6) is 0 Å². The zero-order valence-corrected chi connectivity index (χ0v) is 34.8. The van der Waals surface area contributed by atoms with Crippen molar-refractivity contribution in [1.82, 2.24) is 0 Å². The Morgan fingerprint density at radius 2 is 0.758 bits per heavy atom. The lowest BCUT2D eigenvalue weighted by molar-refractivity contribution is 0.660. The van der Waals surface area contributed by atoms with Gasteiger partial charge in [-0.2, -0.15) is 0 Å². The molecule has 0 amide bonds. The highest BCUT2D eigenvalue weighted by Crippen LogP contribution is 2.50. The first-order valence-corrected chi connectivity index (χ1v) is 21.7. The lowest BCUT2D eigenvalue weighted by Gasteiger charge is -2.27. The lowest BCUT2D eigenvalue weighted by Crippen LogP contribution is -2.14. The fourth-order valence-electron chi connectivity index (χ4n) is 10.3. The highest BCUT2D eigenvalue weighted by Gasteiger charge is 2.35. The van der Waals surface area contributed by atoms with Crippen molar-refractivity contribution >= 4 is 60.2 Å². The summed E-state index contributed by atoms with van der Waals surface area (Å²) in [5, 5.41) is 10.1. The maximum absolute atomic E-state index is 2.41. The molecule has 1 aliphatic rings. The molecular formula is C61H43N. The normalized spacial score (nSPS) is 12.8. The van der Waals surface area contributed by atoms with E-state index >= 15 is 0 Å². The Bertz CT molecular complexity index is 3540. The smallest absolute Gasteiger partial charge is 0.0467 e. The number of rotatable bonds is 6. The molecule has 0 fully saturated rings. The van der Waals surface area contributed by atoms with Crippen molar-refractivity contribution in [2.75, 3.05) is 4.90 Å². The van der Waals surface area contributed by atoms with Gasteiger partial charge in [0, 0.05) is 22.5 Å². The van der Waals surface area contributed by atoms with Gasteiger partial charge in [-0.05, 0) is 153 Å². The Morgan fingerprint density at radius 1 is 0.274 bits per heavy atom. The number of fused-ring (bicyclic) bond motifs is 9. The van der Waals surface area contributed by atoms with Gasteiger partial charge in [0.25, 0.3) is 0 Å². The Labute approximate surface area is 362 Å². The summed E-state index contributed by atoms with van der Waals surface area (Å²) in [6, 6.07) is 83.0. The van der Waals surface area contributed by atoms with E-state index in [0.29, 0.717) is 0 Å². The largest absolute Gasteiger partial charge is 0.310 e. The fourth-order valence-corrected chi connectivity index (χ4v) is 10.3. The van der Waals surface area contributed by atoms with Crippen LogP contribution in [0.15, 0.2) is 224 Å². The minimum atomic E-state index is -0.0502. The molecule has 1 heteroatoms. The number of benzene rings is 11. The molecule has 0 saturated heterocycles. The first-order chi connectivity index (χ1) is 30.5. The summed E-state index contributed by atoms with van der Waals surface area (Å²) in [5.74, 6) is 0. The first kappa shape index (κ1) is 36.1. The average molecular weight is 790 g/mol. The van der Waals surface area contributed by atoms with Gasteiger partial charge in [0.15, 0.2) is 0 Å². The molecule has 0 radical (unpaired) electrons. The zero-order valence-electron chi connectivity index (χ0n) is 34.8. The molecule has 0 bridgehead atoms. The summed E-state index contributed by atoms with van der Waals surface area (Å²) in [7, 11) is 0. The molecule has 292 valence electrons. The third-order valence-corrected chi connectivity index (χ3v) is 13.4. The topological polar surface area (TPSA) is 3.24 Å². The van der Waals surface area contributed by atoms with Gasteiger partial charge in [-0.15, -0.1) is 0 Å². The Morgan fingerprint density at radius 3 is 1.39 bits per heavy atom. The molecule has 0 atom stereocenters. The number of hydrogen-bond donors (Lipinski definition) is 0. The molecule has 0 spiro atoms. The molecule has 0 heterocycles. The predicted molar refractivity (Wildman–Crippen MR) is 265 cm³/mol. The second-order valence-corrected chi connectivity index (χ2v) is 17.3. The van der Waals surface area contributed by atoms with Crippen molar-refractivity contribution in [3.8, 4) is 44.5 Å². The van der Waals surface area contributed by atoms with Crippen molar-refractivity contribution in [2.45, 2.75) is 19.3 Å². The molecule has 0 saturated carbocycles. The number of nitrogens with zero attached hydrogens (tertiary/aromatic N) is 1. The minimum absolute atomic E-state index is 0.0502. The van der Waals surface area contributed by atoms with Gasteiger partial charge < -0.3 is 4.90 Å². The quantitative estimate of drug-likeness (QED) is 0.152. The van der Waals surface area contributed by atoms with Crippen LogP contribution >= 0.6 is 0 Å². The monoisotopic (exact) mass is 789 g/mol.